The van der Waals surface area contributed by atoms with Crippen molar-refractivity contribution in [1.82, 2.24) is 25.5 Å². The number of hydrogen-bond acceptors (Lipinski definition) is 5. The van der Waals surface area contributed by atoms with Gasteiger partial charge in [-0.3, -0.25) is 0 Å². The molecule has 0 saturated carbocycles. The van der Waals surface area contributed by atoms with Crippen molar-refractivity contribution in [2.24, 2.45) is 0 Å². The fraction of sp³-hybridized carbons (Fsp3) is 0.941. The molecule has 0 aliphatic heterocycles. The summed E-state index contributed by atoms with van der Waals surface area (Å²) in [6, 6.07) is 0.0598. The molecule has 0 bridgehead atoms. The topological polar surface area (TPSA) is 71.1 Å². The van der Waals surface area contributed by atoms with Crippen LogP contribution in [0.2, 0.25) is 0 Å². The van der Waals surface area contributed by atoms with Crippen molar-refractivity contribution >= 4 is 6.03 Å². The molecule has 0 radical (unpaired) electrons. The number of amides is 2. The lowest BCUT2D eigenvalue weighted by atomic mass is 10.2. The predicted molar refractivity (Wildman–Crippen MR) is 99.6 cm³/mol. The van der Waals surface area contributed by atoms with Gasteiger partial charge in [-0.15, -0.1) is 0 Å². The highest BCUT2D eigenvalue weighted by molar-refractivity contribution is 5.74. The molecule has 144 valence electrons. The first-order valence-electron chi connectivity index (χ1n) is 9.16. The van der Waals surface area contributed by atoms with Gasteiger partial charge in [0.15, 0.2) is 0 Å². The second kappa shape index (κ2) is 15.6. The van der Waals surface area contributed by atoms with Gasteiger partial charge in [-0.05, 0) is 67.0 Å². The molecule has 3 N–H and O–H groups in total. The second-order valence-electron chi connectivity index (χ2n) is 6.85. The van der Waals surface area contributed by atoms with Crippen LogP contribution in [0.1, 0.15) is 38.5 Å². The molecule has 0 aromatic carbocycles. The number of hydrogen-bond donors (Lipinski definition) is 3. The van der Waals surface area contributed by atoms with Gasteiger partial charge >= 0.3 is 6.03 Å². The number of hydroxylamine groups is 1. The largest absolute Gasteiger partial charge is 0.338 e. The number of nitrogens with one attached hydrogen (secondary N) is 2. The Labute approximate surface area is 148 Å². The van der Waals surface area contributed by atoms with Gasteiger partial charge in [0.1, 0.15) is 0 Å². The van der Waals surface area contributed by atoms with E-state index < -0.39 is 0 Å². The maximum Gasteiger partial charge on any atom is 0.317 e. The molecule has 7 nitrogen and oxygen atoms in total. The third-order valence-corrected chi connectivity index (χ3v) is 3.85. The first kappa shape index (κ1) is 23.1. The minimum atomic E-state index is 0.0598. The van der Waals surface area contributed by atoms with Crippen molar-refractivity contribution in [3.05, 3.63) is 0 Å². The van der Waals surface area contributed by atoms with Crippen molar-refractivity contribution < 1.29 is 10.0 Å². The van der Waals surface area contributed by atoms with Crippen LogP contribution < -0.4 is 10.8 Å². The van der Waals surface area contributed by atoms with Crippen LogP contribution in [-0.2, 0) is 0 Å². The molecule has 0 fully saturated rings. The number of carbonyl (C=O) groups excluding carboxylic acids is 1. The lowest BCUT2D eigenvalue weighted by Gasteiger charge is -2.24. The van der Waals surface area contributed by atoms with E-state index in [1.807, 2.05) is 4.90 Å². The Bertz CT molecular complexity index is 287. The van der Waals surface area contributed by atoms with Crippen LogP contribution in [0.3, 0.4) is 0 Å². The molecule has 0 aromatic heterocycles. The molecule has 7 heteroatoms. The summed E-state index contributed by atoms with van der Waals surface area (Å²) in [5.74, 6) is 0. The first-order valence-corrected chi connectivity index (χ1v) is 9.16. The van der Waals surface area contributed by atoms with Gasteiger partial charge in [-0.1, -0.05) is 12.8 Å². The summed E-state index contributed by atoms with van der Waals surface area (Å²) in [5, 5.41) is 11.5. The second-order valence-corrected chi connectivity index (χ2v) is 6.85. The van der Waals surface area contributed by atoms with Crippen molar-refractivity contribution in [3.8, 4) is 0 Å². The molecule has 2 amide bonds. The fourth-order valence-corrected chi connectivity index (χ4v) is 2.46. The Hall–Kier alpha value is -0.890. The molecule has 24 heavy (non-hydrogen) atoms. The number of rotatable bonds is 15. The van der Waals surface area contributed by atoms with E-state index in [4.69, 9.17) is 5.21 Å². The summed E-state index contributed by atoms with van der Waals surface area (Å²) < 4.78 is 0. The minimum Gasteiger partial charge on any atom is -0.338 e. The van der Waals surface area contributed by atoms with Crippen LogP contribution in [-0.4, -0.2) is 93.4 Å². The van der Waals surface area contributed by atoms with E-state index >= 15 is 0 Å². The number of carbonyl (C=O) groups is 1. The van der Waals surface area contributed by atoms with E-state index in [0.29, 0.717) is 6.54 Å². The fourth-order valence-electron chi connectivity index (χ4n) is 2.46. The zero-order valence-corrected chi connectivity index (χ0v) is 16.2. The van der Waals surface area contributed by atoms with E-state index in [1.54, 1.807) is 0 Å². The summed E-state index contributed by atoms with van der Waals surface area (Å²) in [6.07, 6.45) is 6.08. The zero-order valence-electron chi connectivity index (χ0n) is 16.2. The molecule has 0 unspecified atom stereocenters. The van der Waals surface area contributed by atoms with E-state index in [2.05, 4.69) is 48.8 Å². The highest BCUT2D eigenvalue weighted by atomic mass is 16.5. The van der Waals surface area contributed by atoms with Gasteiger partial charge in [-0.25, -0.2) is 10.3 Å². The molecular weight excluding hydrogens is 306 g/mol. The van der Waals surface area contributed by atoms with Gasteiger partial charge in [-0.2, -0.15) is 0 Å². The first-order chi connectivity index (χ1) is 11.5. The standard InChI is InChI=1S/C17H39N5O2/c1-20(2)13-9-15-22(16-10-14-21(3)4)17(23)18-11-7-5-6-8-12-19-24/h19,24H,5-16H2,1-4H3,(H,18,23). The van der Waals surface area contributed by atoms with Gasteiger partial charge in [0, 0.05) is 26.2 Å². The summed E-state index contributed by atoms with van der Waals surface area (Å²) in [6.45, 7) is 4.97. The molecule has 0 aliphatic carbocycles. The summed E-state index contributed by atoms with van der Waals surface area (Å²) >= 11 is 0. The number of unbranched alkanes of at least 4 members (excludes halogenated alkanes) is 3. The van der Waals surface area contributed by atoms with Crippen LogP contribution >= 0.6 is 0 Å². The van der Waals surface area contributed by atoms with Crippen LogP contribution in [0.25, 0.3) is 0 Å². The van der Waals surface area contributed by atoms with Crippen LogP contribution in [0.4, 0.5) is 4.79 Å². The monoisotopic (exact) mass is 345 g/mol. The Morgan fingerprint density at radius 2 is 1.25 bits per heavy atom. The molecule has 0 aliphatic rings. The molecule has 0 atom stereocenters. The van der Waals surface area contributed by atoms with Gasteiger partial charge in [0.2, 0.25) is 0 Å². The molecule has 0 saturated heterocycles. The quantitative estimate of drug-likeness (QED) is 0.309. The van der Waals surface area contributed by atoms with Crippen LogP contribution in [0, 0.1) is 0 Å². The molecule has 0 rings (SSSR count). The SMILES string of the molecule is CN(C)CCCN(CCCN(C)C)C(=O)NCCCCCCNO. The highest BCUT2D eigenvalue weighted by Crippen LogP contribution is 2.00. The van der Waals surface area contributed by atoms with E-state index in [1.165, 1.54) is 0 Å². The van der Waals surface area contributed by atoms with E-state index in [-0.39, 0.29) is 6.03 Å². The van der Waals surface area contributed by atoms with E-state index in [9.17, 15) is 4.79 Å². The van der Waals surface area contributed by atoms with Crippen LogP contribution in [0.15, 0.2) is 0 Å². The molecule has 0 heterocycles. The lowest BCUT2D eigenvalue weighted by Crippen LogP contribution is -2.42. The summed E-state index contributed by atoms with van der Waals surface area (Å²) in [7, 11) is 8.23. The average molecular weight is 346 g/mol. The summed E-state index contributed by atoms with van der Waals surface area (Å²) in [5.41, 5.74) is 2.16. The average Bonchev–Trinajstić information content (AvgIpc) is 2.51. The Balaban J connectivity index is 4.01. The predicted octanol–water partition coefficient (Wildman–Crippen LogP) is 1.44. The van der Waals surface area contributed by atoms with Crippen molar-refractivity contribution in [3.63, 3.8) is 0 Å². The minimum absolute atomic E-state index is 0.0598. The number of urea groups is 1. The zero-order chi connectivity index (χ0) is 18.2. The van der Waals surface area contributed by atoms with Crippen molar-refractivity contribution in [1.29, 1.82) is 0 Å². The molecular formula is C17H39N5O2. The Morgan fingerprint density at radius 3 is 1.71 bits per heavy atom. The Morgan fingerprint density at radius 1 is 0.750 bits per heavy atom. The molecule has 0 aromatic rings. The third kappa shape index (κ3) is 14.7. The van der Waals surface area contributed by atoms with Gasteiger partial charge in [0.05, 0.1) is 0 Å². The normalized spacial score (nSPS) is 11.3. The van der Waals surface area contributed by atoms with Gasteiger partial charge < -0.3 is 25.2 Å². The van der Waals surface area contributed by atoms with Crippen LogP contribution in [0.5, 0.6) is 0 Å². The summed E-state index contributed by atoms with van der Waals surface area (Å²) in [4.78, 5) is 18.6. The highest BCUT2D eigenvalue weighted by Gasteiger charge is 2.12. The maximum absolute atomic E-state index is 12.4. The maximum atomic E-state index is 12.4. The Kier molecular flexibility index (Phi) is 15.0. The lowest BCUT2D eigenvalue weighted by molar-refractivity contribution is 0.164. The number of nitrogens with zero attached hydrogens (tertiary/aromatic N) is 3. The van der Waals surface area contributed by atoms with E-state index in [0.717, 1.165) is 71.2 Å². The van der Waals surface area contributed by atoms with Gasteiger partial charge in [0.25, 0.3) is 0 Å². The smallest absolute Gasteiger partial charge is 0.317 e. The van der Waals surface area contributed by atoms with Crippen molar-refractivity contribution in [2.45, 2.75) is 38.5 Å². The third-order valence-electron chi connectivity index (χ3n) is 3.85. The molecule has 0 spiro atoms. The van der Waals surface area contributed by atoms with Crippen molar-refractivity contribution in [2.75, 3.05) is 67.5 Å².